The van der Waals surface area contributed by atoms with E-state index in [1.807, 2.05) is 23.1 Å². The fourth-order valence-corrected chi connectivity index (χ4v) is 2.17. The smallest absolute Gasteiger partial charge is 0.222 e. The van der Waals surface area contributed by atoms with E-state index < -0.39 is 0 Å². The van der Waals surface area contributed by atoms with Gasteiger partial charge in [-0.25, -0.2) is 0 Å². The zero-order valence-electron chi connectivity index (χ0n) is 8.37. The van der Waals surface area contributed by atoms with E-state index in [1.54, 1.807) is 0 Å². The van der Waals surface area contributed by atoms with Crippen molar-refractivity contribution in [3.05, 3.63) is 28.2 Å². The first-order valence-corrected chi connectivity index (χ1v) is 5.78. The zero-order valence-corrected chi connectivity index (χ0v) is 9.96. The van der Waals surface area contributed by atoms with Gasteiger partial charge in [-0.15, -0.1) is 0 Å². The molecule has 1 aromatic carbocycles. The minimum Gasteiger partial charge on any atom is -0.398 e. The second-order valence-electron chi connectivity index (χ2n) is 3.76. The van der Waals surface area contributed by atoms with Crippen molar-refractivity contribution >= 4 is 27.5 Å². The maximum Gasteiger partial charge on any atom is 0.222 e. The van der Waals surface area contributed by atoms with Crippen molar-refractivity contribution in [2.75, 3.05) is 12.3 Å². The molecule has 2 N–H and O–H groups in total. The van der Waals surface area contributed by atoms with Gasteiger partial charge in [0.05, 0.1) is 0 Å². The van der Waals surface area contributed by atoms with Crippen LogP contribution in [0.15, 0.2) is 22.7 Å². The summed E-state index contributed by atoms with van der Waals surface area (Å²) in [7, 11) is 0. The highest BCUT2D eigenvalue weighted by Crippen LogP contribution is 2.22. The molecule has 1 aromatic rings. The third-order valence-electron chi connectivity index (χ3n) is 2.64. The lowest BCUT2D eigenvalue weighted by molar-refractivity contribution is -0.128. The van der Waals surface area contributed by atoms with Crippen molar-refractivity contribution in [2.24, 2.45) is 0 Å². The van der Waals surface area contributed by atoms with Gasteiger partial charge < -0.3 is 10.6 Å². The van der Waals surface area contributed by atoms with Crippen LogP contribution in [0, 0.1) is 0 Å². The summed E-state index contributed by atoms with van der Waals surface area (Å²) in [5, 5.41) is 0. The van der Waals surface area contributed by atoms with Crippen LogP contribution < -0.4 is 5.73 Å². The lowest BCUT2D eigenvalue weighted by Gasteiger charge is -2.16. The molecule has 1 fully saturated rings. The van der Waals surface area contributed by atoms with E-state index in [0.29, 0.717) is 13.0 Å². The van der Waals surface area contributed by atoms with E-state index in [4.69, 9.17) is 5.73 Å². The van der Waals surface area contributed by atoms with Crippen molar-refractivity contribution in [1.29, 1.82) is 0 Å². The summed E-state index contributed by atoms with van der Waals surface area (Å²) >= 11 is 3.36. The fourth-order valence-electron chi connectivity index (χ4n) is 1.79. The molecule has 80 valence electrons. The molecule has 2 rings (SSSR count). The number of rotatable bonds is 2. The van der Waals surface area contributed by atoms with E-state index >= 15 is 0 Å². The number of amides is 1. The topological polar surface area (TPSA) is 46.3 Å². The van der Waals surface area contributed by atoms with Crippen molar-refractivity contribution in [2.45, 2.75) is 19.4 Å². The molecule has 1 heterocycles. The molecular weight excluding hydrogens is 256 g/mol. The van der Waals surface area contributed by atoms with Crippen LogP contribution in [0.1, 0.15) is 18.4 Å². The quantitative estimate of drug-likeness (QED) is 0.836. The molecule has 0 atom stereocenters. The Balaban J connectivity index is 2.13. The lowest BCUT2D eigenvalue weighted by atomic mass is 10.2. The molecule has 1 aliphatic heterocycles. The summed E-state index contributed by atoms with van der Waals surface area (Å²) < 4.78 is 0.969. The Morgan fingerprint density at radius 2 is 2.27 bits per heavy atom. The molecule has 1 saturated heterocycles. The number of nitrogens with zero attached hydrogens (tertiary/aromatic N) is 1. The number of halogens is 1. The Morgan fingerprint density at radius 1 is 1.47 bits per heavy atom. The second-order valence-corrected chi connectivity index (χ2v) is 4.68. The van der Waals surface area contributed by atoms with Crippen LogP contribution in [-0.4, -0.2) is 17.4 Å². The van der Waals surface area contributed by atoms with Gasteiger partial charge in [-0.1, -0.05) is 22.0 Å². The van der Waals surface area contributed by atoms with Crippen molar-refractivity contribution in [1.82, 2.24) is 4.90 Å². The summed E-state index contributed by atoms with van der Waals surface area (Å²) in [5.41, 5.74) is 7.64. The van der Waals surface area contributed by atoms with Gasteiger partial charge in [0.15, 0.2) is 0 Å². The number of nitrogens with two attached hydrogens (primary N) is 1. The minimum absolute atomic E-state index is 0.234. The molecular formula is C11H13BrN2O. The lowest BCUT2D eigenvalue weighted by Crippen LogP contribution is -2.24. The molecule has 1 amide bonds. The fraction of sp³-hybridized carbons (Fsp3) is 0.364. The average Bonchev–Trinajstić information content (AvgIpc) is 2.57. The minimum atomic E-state index is 0.234. The Morgan fingerprint density at radius 3 is 2.87 bits per heavy atom. The number of carbonyl (C=O) groups excluding carboxylic acids is 1. The molecule has 0 aromatic heterocycles. The normalized spacial score (nSPS) is 16.1. The van der Waals surface area contributed by atoms with Crippen LogP contribution >= 0.6 is 15.9 Å². The number of hydrogen-bond acceptors (Lipinski definition) is 2. The van der Waals surface area contributed by atoms with Crippen LogP contribution in [0.25, 0.3) is 0 Å². The zero-order chi connectivity index (χ0) is 10.8. The number of benzene rings is 1. The molecule has 0 aliphatic carbocycles. The third-order valence-corrected chi connectivity index (χ3v) is 3.13. The van der Waals surface area contributed by atoms with E-state index in [0.717, 1.165) is 28.7 Å². The molecule has 1 aliphatic rings. The van der Waals surface area contributed by atoms with Crippen molar-refractivity contribution in [3.63, 3.8) is 0 Å². The molecule has 0 unspecified atom stereocenters. The number of carbonyl (C=O) groups is 1. The average molecular weight is 269 g/mol. The van der Waals surface area contributed by atoms with Gasteiger partial charge in [0.1, 0.15) is 0 Å². The van der Waals surface area contributed by atoms with Crippen molar-refractivity contribution in [3.8, 4) is 0 Å². The SMILES string of the molecule is Nc1cc(Br)ccc1CN1CCCC1=O. The highest BCUT2D eigenvalue weighted by molar-refractivity contribution is 9.10. The van der Waals surface area contributed by atoms with E-state index in [9.17, 15) is 4.79 Å². The van der Waals surface area contributed by atoms with Gasteiger partial charge in [0.2, 0.25) is 5.91 Å². The molecule has 0 bridgehead atoms. The number of hydrogen-bond donors (Lipinski definition) is 1. The predicted octanol–water partition coefficient (Wildman–Crippen LogP) is 2.15. The highest BCUT2D eigenvalue weighted by Gasteiger charge is 2.20. The number of anilines is 1. The van der Waals surface area contributed by atoms with Crippen LogP contribution in [-0.2, 0) is 11.3 Å². The van der Waals surface area contributed by atoms with E-state index in [-0.39, 0.29) is 5.91 Å². The Labute approximate surface area is 97.4 Å². The highest BCUT2D eigenvalue weighted by atomic mass is 79.9. The van der Waals surface area contributed by atoms with Gasteiger partial charge in [-0.3, -0.25) is 4.79 Å². The Bertz CT molecular complexity index is 392. The number of likely N-dealkylation sites (tertiary alicyclic amines) is 1. The summed E-state index contributed by atoms with van der Waals surface area (Å²) in [5.74, 6) is 0.234. The van der Waals surface area contributed by atoms with Gasteiger partial charge >= 0.3 is 0 Å². The number of nitrogen functional groups attached to an aromatic ring is 1. The van der Waals surface area contributed by atoms with Crippen LogP contribution in [0.4, 0.5) is 5.69 Å². The first-order valence-electron chi connectivity index (χ1n) is 4.98. The van der Waals surface area contributed by atoms with Gasteiger partial charge in [0, 0.05) is 29.7 Å². The molecule has 0 radical (unpaired) electrons. The van der Waals surface area contributed by atoms with Crippen LogP contribution in [0.3, 0.4) is 0 Å². The molecule has 0 saturated carbocycles. The monoisotopic (exact) mass is 268 g/mol. The first kappa shape index (κ1) is 10.5. The Kier molecular flexibility index (Phi) is 2.95. The van der Waals surface area contributed by atoms with Crippen LogP contribution in [0.5, 0.6) is 0 Å². The molecule has 0 spiro atoms. The largest absolute Gasteiger partial charge is 0.398 e. The van der Waals surface area contributed by atoms with Gasteiger partial charge in [-0.05, 0) is 24.1 Å². The second kappa shape index (κ2) is 4.23. The maximum absolute atomic E-state index is 11.4. The third kappa shape index (κ3) is 2.31. The van der Waals surface area contributed by atoms with Gasteiger partial charge in [-0.2, -0.15) is 0 Å². The first-order chi connectivity index (χ1) is 7.16. The van der Waals surface area contributed by atoms with Gasteiger partial charge in [0.25, 0.3) is 0 Å². The van der Waals surface area contributed by atoms with Crippen molar-refractivity contribution < 1.29 is 4.79 Å². The standard InChI is InChI=1S/C11H13BrN2O/c12-9-4-3-8(10(13)6-9)7-14-5-1-2-11(14)15/h3-4,6H,1-2,5,7,13H2. The summed E-state index contributed by atoms with van der Waals surface area (Å²) in [6.45, 7) is 1.49. The summed E-state index contributed by atoms with van der Waals surface area (Å²) in [4.78, 5) is 13.3. The van der Waals surface area contributed by atoms with Crippen LogP contribution in [0.2, 0.25) is 0 Å². The van der Waals surface area contributed by atoms with E-state index in [2.05, 4.69) is 15.9 Å². The maximum atomic E-state index is 11.4. The molecule has 4 heteroatoms. The summed E-state index contributed by atoms with van der Waals surface area (Å²) in [6, 6.07) is 5.78. The predicted molar refractivity (Wildman–Crippen MR) is 63.2 cm³/mol. The van der Waals surface area contributed by atoms with E-state index in [1.165, 1.54) is 0 Å². The Hall–Kier alpha value is -1.03. The molecule has 15 heavy (non-hydrogen) atoms. The molecule has 3 nitrogen and oxygen atoms in total. The summed E-state index contributed by atoms with van der Waals surface area (Å²) in [6.07, 6.45) is 1.64.